The normalized spacial score (nSPS) is 18.9. The predicted molar refractivity (Wildman–Crippen MR) is 66.9 cm³/mol. The van der Waals surface area contributed by atoms with Crippen molar-refractivity contribution in [2.45, 2.75) is 5.25 Å². The van der Waals surface area contributed by atoms with Crippen molar-refractivity contribution in [2.24, 2.45) is 0 Å². The van der Waals surface area contributed by atoms with E-state index < -0.39 is 0 Å². The van der Waals surface area contributed by atoms with Gasteiger partial charge in [0.2, 0.25) is 5.12 Å². The lowest BCUT2D eigenvalue weighted by molar-refractivity contribution is 0.109. The van der Waals surface area contributed by atoms with Crippen LogP contribution in [0.25, 0.3) is 0 Å². The zero-order valence-corrected chi connectivity index (χ0v) is 10.4. The quantitative estimate of drug-likeness (QED) is 0.797. The molecule has 1 heterocycles. The summed E-state index contributed by atoms with van der Waals surface area (Å²) in [6.45, 7) is 0.924. The topological polar surface area (TPSA) is 20.3 Å². The van der Waals surface area contributed by atoms with Crippen LogP contribution in [0.5, 0.6) is 0 Å². The molecule has 1 atom stereocenters. The minimum absolute atomic E-state index is 0. The lowest BCUT2D eigenvalue weighted by Gasteiger charge is -2.15. The van der Waals surface area contributed by atoms with Crippen molar-refractivity contribution in [3.63, 3.8) is 0 Å². The van der Waals surface area contributed by atoms with E-state index in [1.54, 1.807) is 0 Å². The summed E-state index contributed by atoms with van der Waals surface area (Å²) in [7, 11) is 4.07. The van der Waals surface area contributed by atoms with Gasteiger partial charge in [0.25, 0.3) is 0 Å². The highest BCUT2D eigenvalue weighted by Gasteiger charge is 2.29. The van der Waals surface area contributed by atoms with Crippen molar-refractivity contribution >= 4 is 29.3 Å². The first kappa shape index (κ1) is 12.6. The molecular formula is C11H14ClNOS. The number of fused-ring (bicyclic) bond motifs is 1. The molecule has 1 aliphatic rings. The van der Waals surface area contributed by atoms with Crippen molar-refractivity contribution in [2.75, 3.05) is 20.6 Å². The fraction of sp³-hybridized carbons (Fsp3) is 0.364. The Balaban J connectivity index is 0.00000112. The molecule has 0 aliphatic carbocycles. The first-order valence-electron chi connectivity index (χ1n) is 4.63. The number of rotatable bonds is 2. The summed E-state index contributed by atoms with van der Waals surface area (Å²) in [6.07, 6.45) is 0. The molecule has 0 bridgehead atoms. The molecule has 0 radical (unpaired) electrons. The molecule has 2 nitrogen and oxygen atoms in total. The summed E-state index contributed by atoms with van der Waals surface area (Å²) in [4.78, 5) is 13.7. The van der Waals surface area contributed by atoms with Crippen LogP contribution in [0.3, 0.4) is 0 Å². The Bertz CT molecular complexity index is 367. The fourth-order valence-corrected chi connectivity index (χ4v) is 2.96. The molecule has 1 aliphatic heterocycles. The van der Waals surface area contributed by atoms with Crippen LogP contribution in [0.1, 0.15) is 21.2 Å². The molecule has 2 rings (SSSR count). The number of carbonyl (C=O) groups is 1. The number of hydrogen-bond donors (Lipinski definition) is 0. The molecule has 1 aromatic rings. The van der Waals surface area contributed by atoms with Gasteiger partial charge >= 0.3 is 0 Å². The molecule has 0 saturated carbocycles. The maximum Gasteiger partial charge on any atom is 0.220 e. The Hall–Kier alpha value is -0.510. The van der Waals surface area contributed by atoms with Gasteiger partial charge in [-0.25, -0.2) is 0 Å². The van der Waals surface area contributed by atoms with Crippen LogP contribution < -0.4 is 0 Å². The molecule has 1 unspecified atom stereocenters. The minimum Gasteiger partial charge on any atom is -0.308 e. The maximum atomic E-state index is 11.6. The summed E-state index contributed by atoms with van der Waals surface area (Å²) < 4.78 is 0. The Labute approximate surface area is 100 Å². The molecule has 0 amide bonds. The summed E-state index contributed by atoms with van der Waals surface area (Å²) in [5, 5.41) is 0.529. The largest absolute Gasteiger partial charge is 0.308 e. The van der Waals surface area contributed by atoms with E-state index >= 15 is 0 Å². The Morgan fingerprint density at radius 1 is 1.33 bits per heavy atom. The number of benzene rings is 1. The van der Waals surface area contributed by atoms with Crippen LogP contribution in [0, 0.1) is 0 Å². The molecule has 82 valence electrons. The van der Waals surface area contributed by atoms with E-state index in [1.165, 1.54) is 17.3 Å². The fourth-order valence-electron chi connectivity index (χ4n) is 1.69. The van der Waals surface area contributed by atoms with E-state index in [2.05, 4.69) is 11.0 Å². The Kier molecular flexibility index (Phi) is 4.20. The van der Waals surface area contributed by atoms with Crippen LogP contribution in [0.2, 0.25) is 0 Å². The molecule has 15 heavy (non-hydrogen) atoms. The number of thioether (sulfide) groups is 1. The lowest BCUT2D eigenvalue weighted by atomic mass is 10.1. The van der Waals surface area contributed by atoms with Gasteiger partial charge in [0.15, 0.2) is 0 Å². The first-order chi connectivity index (χ1) is 6.68. The third kappa shape index (κ3) is 2.54. The highest BCUT2D eigenvalue weighted by Crippen LogP contribution is 2.41. The molecular weight excluding hydrogens is 230 g/mol. The van der Waals surface area contributed by atoms with Crippen molar-refractivity contribution < 1.29 is 4.79 Å². The molecule has 0 spiro atoms. The van der Waals surface area contributed by atoms with Crippen molar-refractivity contribution in [1.82, 2.24) is 4.90 Å². The highest BCUT2D eigenvalue weighted by molar-refractivity contribution is 8.14. The van der Waals surface area contributed by atoms with Gasteiger partial charge in [-0.2, -0.15) is 0 Å². The average Bonchev–Trinajstić information content (AvgIpc) is 2.44. The second-order valence-corrected chi connectivity index (χ2v) is 4.92. The van der Waals surface area contributed by atoms with Crippen LogP contribution in [0.15, 0.2) is 24.3 Å². The third-order valence-electron chi connectivity index (χ3n) is 2.31. The van der Waals surface area contributed by atoms with Crippen LogP contribution in [0.4, 0.5) is 0 Å². The van der Waals surface area contributed by atoms with Gasteiger partial charge in [-0.15, -0.1) is 12.4 Å². The molecule has 4 heteroatoms. The van der Waals surface area contributed by atoms with Crippen molar-refractivity contribution in [3.8, 4) is 0 Å². The zero-order valence-electron chi connectivity index (χ0n) is 8.77. The smallest absolute Gasteiger partial charge is 0.220 e. The zero-order chi connectivity index (χ0) is 10.1. The van der Waals surface area contributed by atoms with E-state index in [-0.39, 0.29) is 17.5 Å². The molecule has 0 N–H and O–H groups in total. The summed E-state index contributed by atoms with van der Waals surface area (Å²) in [5.74, 6) is 0. The average molecular weight is 244 g/mol. The van der Waals surface area contributed by atoms with Crippen LogP contribution in [-0.2, 0) is 0 Å². The van der Waals surface area contributed by atoms with Gasteiger partial charge in [-0.3, -0.25) is 4.79 Å². The number of carbonyl (C=O) groups excluding carboxylic acids is 1. The summed E-state index contributed by atoms with van der Waals surface area (Å²) in [6, 6.07) is 7.90. The number of nitrogens with zero attached hydrogens (tertiary/aromatic N) is 1. The number of halogens is 1. The lowest BCUT2D eigenvalue weighted by Crippen LogP contribution is -2.17. The van der Waals surface area contributed by atoms with Crippen molar-refractivity contribution in [3.05, 3.63) is 35.4 Å². The SMILES string of the molecule is CN(C)CC1SC(=O)c2ccccc21.Cl. The standard InChI is InChI=1S/C11H13NOS.ClH/c1-12(2)7-10-8-5-3-4-6-9(8)11(13)14-10;/h3-6,10H,7H2,1-2H3;1H. The second kappa shape index (κ2) is 5.01. The summed E-state index contributed by atoms with van der Waals surface area (Å²) >= 11 is 1.44. The van der Waals surface area contributed by atoms with Gasteiger partial charge in [0, 0.05) is 12.1 Å². The number of hydrogen-bond acceptors (Lipinski definition) is 3. The molecule has 1 aromatic carbocycles. The number of likely N-dealkylation sites (N-methyl/N-ethyl adjacent to an activating group) is 1. The van der Waals surface area contributed by atoms with Crippen LogP contribution in [-0.4, -0.2) is 30.7 Å². The van der Waals surface area contributed by atoms with Gasteiger partial charge in [0.1, 0.15) is 0 Å². The van der Waals surface area contributed by atoms with E-state index in [4.69, 9.17) is 0 Å². The van der Waals surface area contributed by atoms with E-state index in [0.29, 0.717) is 5.25 Å². The van der Waals surface area contributed by atoms with Gasteiger partial charge < -0.3 is 4.90 Å². The molecule has 0 aromatic heterocycles. The monoisotopic (exact) mass is 243 g/mol. The molecule has 0 saturated heterocycles. The third-order valence-corrected chi connectivity index (χ3v) is 3.43. The van der Waals surface area contributed by atoms with Gasteiger partial charge in [-0.05, 0) is 19.7 Å². The van der Waals surface area contributed by atoms with E-state index in [0.717, 1.165) is 12.1 Å². The van der Waals surface area contributed by atoms with E-state index in [1.807, 2.05) is 32.3 Å². The predicted octanol–water partition coefficient (Wildman–Crippen LogP) is 2.60. The minimum atomic E-state index is 0. The van der Waals surface area contributed by atoms with Gasteiger partial charge in [-0.1, -0.05) is 36.0 Å². The maximum absolute atomic E-state index is 11.6. The highest BCUT2D eigenvalue weighted by atomic mass is 35.5. The van der Waals surface area contributed by atoms with Crippen LogP contribution >= 0.6 is 24.2 Å². The molecule has 0 fully saturated rings. The summed E-state index contributed by atoms with van der Waals surface area (Å²) in [5.41, 5.74) is 2.08. The Morgan fingerprint density at radius 2 is 2.00 bits per heavy atom. The van der Waals surface area contributed by atoms with Crippen molar-refractivity contribution in [1.29, 1.82) is 0 Å². The first-order valence-corrected chi connectivity index (χ1v) is 5.51. The Morgan fingerprint density at radius 3 is 2.67 bits per heavy atom. The van der Waals surface area contributed by atoms with E-state index in [9.17, 15) is 4.79 Å². The second-order valence-electron chi connectivity index (χ2n) is 3.74. The van der Waals surface area contributed by atoms with Gasteiger partial charge in [0.05, 0.1) is 5.25 Å².